The van der Waals surface area contributed by atoms with Crippen LogP contribution >= 0.6 is 0 Å². The lowest BCUT2D eigenvalue weighted by atomic mass is 9.83. The van der Waals surface area contributed by atoms with E-state index in [1.807, 2.05) is 24.3 Å². The summed E-state index contributed by atoms with van der Waals surface area (Å²) in [7, 11) is 1.52. The molecule has 0 aromatic heterocycles. The highest BCUT2D eigenvalue weighted by Gasteiger charge is 2.65. The molecule has 3 aromatic rings. The van der Waals surface area contributed by atoms with Crippen molar-refractivity contribution in [3.8, 4) is 5.75 Å². The van der Waals surface area contributed by atoms with E-state index in [2.05, 4.69) is 5.10 Å². The van der Waals surface area contributed by atoms with Gasteiger partial charge in [-0.3, -0.25) is 29.5 Å². The number of methoxy groups -OCH3 is 1. The van der Waals surface area contributed by atoms with Crippen LogP contribution in [0.1, 0.15) is 27.5 Å². The summed E-state index contributed by atoms with van der Waals surface area (Å²) < 4.78 is 5.19. The Morgan fingerprint density at radius 1 is 0.973 bits per heavy atom. The maximum absolute atomic E-state index is 13.9. The first kappa shape index (κ1) is 22.6. The van der Waals surface area contributed by atoms with E-state index < -0.39 is 40.7 Å². The van der Waals surface area contributed by atoms with Crippen LogP contribution in [0.3, 0.4) is 0 Å². The Labute approximate surface area is 210 Å². The van der Waals surface area contributed by atoms with Crippen molar-refractivity contribution in [3.05, 3.63) is 99.6 Å². The molecule has 3 aliphatic heterocycles. The average Bonchev–Trinajstić information content (AvgIpc) is 3.40. The van der Waals surface area contributed by atoms with Gasteiger partial charge in [0.05, 0.1) is 41.8 Å². The van der Waals surface area contributed by atoms with Crippen LogP contribution in [0.4, 0.5) is 11.4 Å². The minimum absolute atomic E-state index is 0.105. The number of anilines is 1. The molecule has 3 aliphatic rings. The van der Waals surface area contributed by atoms with Crippen molar-refractivity contribution in [2.24, 2.45) is 16.9 Å². The summed E-state index contributed by atoms with van der Waals surface area (Å²) in [5, 5.41) is 17.4. The molecule has 0 N–H and O–H groups in total. The topological polar surface area (TPSA) is 122 Å². The number of ketones is 1. The minimum atomic E-state index is -1.03. The zero-order valence-corrected chi connectivity index (χ0v) is 19.6. The highest BCUT2D eigenvalue weighted by molar-refractivity contribution is 6.24. The Bertz CT molecular complexity index is 1500. The first-order valence-electron chi connectivity index (χ1n) is 11.6. The van der Waals surface area contributed by atoms with Crippen LogP contribution in [0, 0.1) is 22.0 Å². The van der Waals surface area contributed by atoms with Gasteiger partial charge >= 0.3 is 0 Å². The molecule has 37 heavy (non-hydrogen) atoms. The molecule has 6 rings (SSSR count). The van der Waals surface area contributed by atoms with Gasteiger partial charge in [-0.1, -0.05) is 30.3 Å². The van der Waals surface area contributed by atoms with Crippen molar-refractivity contribution in [1.29, 1.82) is 0 Å². The van der Waals surface area contributed by atoms with E-state index in [-0.39, 0.29) is 17.2 Å². The van der Waals surface area contributed by atoms with Gasteiger partial charge < -0.3 is 4.74 Å². The quantitative estimate of drug-likeness (QED) is 0.230. The van der Waals surface area contributed by atoms with Gasteiger partial charge in [-0.25, -0.2) is 4.90 Å². The number of amides is 2. The van der Waals surface area contributed by atoms with Gasteiger partial charge in [0.15, 0.2) is 5.78 Å². The van der Waals surface area contributed by atoms with Crippen LogP contribution in [0.25, 0.3) is 0 Å². The summed E-state index contributed by atoms with van der Waals surface area (Å²) in [6.45, 7) is 0. The highest BCUT2D eigenvalue weighted by Crippen LogP contribution is 2.53. The third kappa shape index (κ3) is 3.33. The first-order chi connectivity index (χ1) is 17.9. The number of nitrogens with zero attached hydrogens (tertiary/aromatic N) is 4. The number of fused-ring (bicyclic) bond motifs is 5. The monoisotopic (exact) mass is 496 g/mol. The molecular weight excluding hydrogens is 476 g/mol. The molecule has 0 saturated carbocycles. The van der Waals surface area contributed by atoms with Crippen molar-refractivity contribution in [1.82, 2.24) is 5.01 Å². The maximum Gasteiger partial charge on any atom is 0.271 e. The fourth-order valence-electron chi connectivity index (χ4n) is 5.59. The fourth-order valence-corrected chi connectivity index (χ4v) is 5.59. The molecule has 2 saturated heterocycles. The molecule has 10 heteroatoms. The molecule has 184 valence electrons. The fraction of sp³-hybridized carbons (Fsp3) is 0.185. The highest BCUT2D eigenvalue weighted by atomic mass is 16.6. The van der Waals surface area contributed by atoms with Gasteiger partial charge in [0, 0.05) is 17.7 Å². The zero-order chi connectivity index (χ0) is 25.8. The van der Waals surface area contributed by atoms with Gasteiger partial charge in [0.1, 0.15) is 11.8 Å². The number of nitro benzene ring substituents is 1. The third-order valence-electron chi connectivity index (χ3n) is 7.24. The van der Waals surface area contributed by atoms with Gasteiger partial charge in [0.2, 0.25) is 11.8 Å². The molecular formula is C27H20N4O6. The summed E-state index contributed by atoms with van der Waals surface area (Å²) in [6.07, 6.45) is 1.63. The Morgan fingerprint density at radius 2 is 1.70 bits per heavy atom. The van der Waals surface area contributed by atoms with Crippen molar-refractivity contribution >= 4 is 35.2 Å². The summed E-state index contributed by atoms with van der Waals surface area (Å²) in [4.78, 5) is 53.3. The van der Waals surface area contributed by atoms with E-state index in [4.69, 9.17) is 4.74 Å². The number of imide groups is 1. The number of ether oxygens (including phenoxy) is 1. The predicted molar refractivity (Wildman–Crippen MR) is 132 cm³/mol. The van der Waals surface area contributed by atoms with Gasteiger partial charge in [-0.15, -0.1) is 0 Å². The van der Waals surface area contributed by atoms with E-state index in [9.17, 15) is 24.5 Å². The number of hydrogen-bond donors (Lipinski definition) is 0. The normalized spacial score (nSPS) is 23.5. The number of Topliss-reactive ketones (excluding diaryl/α,β-unsaturated/α-hetero) is 1. The van der Waals surface area contributed by atoms with E-state index in [0.29, 0.717) is 11.3 Å². The molecule has 4 atom stereocenters. The predicted octanol–water partition coefficient (Wildman–Crippen LogP) is 3.36. The van der Waals surface area contributed by atoms with Gasteiger partial charge in [-0.05, 0) is 41.5 Å². The van der Waals surface area contributed by atoms with E-state index >= 15 is 0 Å². The van der Waals surface area contributed by atoms with Crippen molar-refractivity contribution in [2.75, 3.05) is 12.0 Å². The third-order valence-corrected chi connectivity index (χ3v) is 7.24. The summed E-state index contributed by atoms with van der Waals surface area (Å²) >= 11 is 0. The number of nitro groups is 1. The largest absolute Gasteiger partial charge is 0.497 e. The molecule has 3 heterocycles. The van der Waals surface area contributed by atoms with Crippen molar-refractivity contribution in [2.45, 2.75) is 12.1 Å². The van der Waals surface area contributed by atoms with Gasteiger partial charge in [0.25, 0.3) is 5.69 Å². The van der Waals surface area contributed by atoms with Crippen LogP contribution in [-0.4, -0.2) is 46.9 Å². The van der Waals surface area contributed by atoms with Crippen LogP contribution in [0.5, 0.6) is 5.75 Å². The van der Waals surface area contributed by atoms with E-state index in [1.165, 1.54) is 31.4 Å². The molecule has 0 bridgehead atoms. The molecule has 0 aliphatic carbocycles. The van der Waals surface area contributed by atoms with Crippen molar-refractivity contribution < 1.29 is 24.0 Å². The second-order valence-electron chi connectivity index (χ2n) is 9.08. The van der Waals surface area contributed by atoms with Crippen LogP contribution in [0.2, 0.25) is 0 Å². The summed E-state index contributed by atoms with van der Waals surface area (Å²) in [5.41, 5.74) is 1.81. The number of hydrogen-bond acceptors (Lipinski definition) is 8. The van der Waals surface area contributed by atoms with E-state index in [1.54, 1.807) is 35.5 Å². The molecule has 2 fully saturated rings. The number of hydrazone groups is 1. The molecule has 3 aromatic carbocycles. The Balaban J connectivity index is 1.47. The van der Waals surface area contributed by atoms with Crippen LogP contribution in [0.15, 0.2) is 77.9 Å². The smallest absolute Gasteiger partial charge is 0.271 e. The Kier molecular flexibility index (Phi) is 5.11. The maximum atomic E-state index is 13.9. The number of carbonyl (C=O) groups is 3. The van der Waals surface area contributed by atoms with Gasteiger partial charge in [-0.2, -0.15) is 5.10 Å². The number of non-ortho nitro benzene ring substituents is 1. The lowest BCUT2D eigenvalue weighted by molar-refractivity contribution is -0.384. The lowest BCUT2D eigenvalue weighted by Crippen LogP contribution is -2.44. The molecule has 1 unspecified atom stereocenters. The summed E-state index contributed by atoms with van der Waals surface area (Å²) in [6, 6.07) is 17.7. The Morgan fingerprint density at radius 3 is 2.43 bits per heavy atom. The standard InChI is InChI=1S/C27H20N4O6/c1-37-19-11-9-15(10-12-19)25(32)24-22-21(23-20-8-3-2-5-16(20)14-28-30(23)24)26(33)29(27(22)34)17-6-4-7-18(13-17)31(35)36/h2-14,21-24H,1H3/t21-,22+,23?,24-/m1/s1. The lowest BCUT2D eigenvalue weighted by Gasteiger charge is -2.33. The minimum Gasteiger partial charge on any atom is -0.497 e. The number of benzene rings is 3. The van der Waals surface area contributed by atoms with Crippen LogP contribution in [-0.2, 0) is 9.59 Å². The molecule has 2 amide bonds. The second-order valence-corrected chi connectivity index (χ2v) is 9.08. The zero-order valence-electron chi connectivity index (χ0n) is 19.6. The number of carbonyl (C=O) groups excluding carboxylic acids is 3. The second kappa shape index (κ2) is 8.37. The Hall–Kier alpha value is -4.86. The number of rotatable bonds is 5. The average molecular weight is 496 g/mol. The van der Waals surface area contributed by atoms with Crippen molar-refractivity contribution in [3.63, 3.8) is 0 Å². The molecule has 0 radical (unpaired) electrons. The first-order valence-corrected chi connectivity index (χ1v) is 11.6. The molecule has 10 nitrogen and oxygen atoms in total. The molecule has 0 spiro atoms. The SMILES string of the molecule is COc1ccc(C(=O)[C@H]2[C@H]3C(=O)N(c4cccc([N+](=O)[O-])c4)C(=O)[C@H]3C3c4ccccc4C=NN32)cc1. The van der Waals surface area contributed by atoms with E-state index in [0.717, 1.165) is 16.0 Å². The van der Waals surface area contributed by atoms with Crippen LogP contribution < -0.4 is 9.64 Å². The summed E-state index contributed by atoms with van der Waals surface area (Å²) in [5.74, 6) is -2.77.